The lowest BCUT2D eigenvalue weighted by molar-refractivity contribution is 0.0591. The number of carboxylic acid groups (broad SMARTS) is 3. The number of carbonyl (C=O) groups is 4. The Labute approximate surface area is 360 Å². The topological polar surface area (TPSA) is 192 Å². The van der Waals surface area contributed by atoms with Gasteiger partial charge in [0.2, 0.25) is 0 Å². The Kier molecular flexibility index (Phi) is 13.1. The summed E-state index contributed by atoms with van der Waals surface area (Å²) in [6.07, 6.45) is 0. The van der Waals surface area contributed by atoms with E-state index in [2.05, 4.69) is 10.2 Å². The fourth-order valence-electron chi connectivity index (χ4n) is 6.47. The van der Waals surface area contributed by atoms with Crippen LogP contribution < -0.4 is 9.47 Å². The fraction of sp³-hybridized carbons (Fsp3) is 0.0612. The molecule has 8 aromatic rings. The van der Waals surface area contributed by atoms with E-state index >= 15 is 0 Å². The summed E-state index contributed by atoms with van der Waals surface area (Å²) in [6, 6.07) is 49.6. The molecule has 0 saturated heterocycles. The summed E-state index contributed by atoms with van der Waals surface area (Å²) in [5.41, 5.74) is 5.43. The quantitative estimate of drug-likeness (QED) is 0.0881. The zero-order valence-corrected chi connectivity index (χ0v) is 33.6. The van der Waals surface area contributed by atoms with Crippen LogP contribution in [-0.2, 0) is 18.0 Å². The molecule has 8 rings (SSSR count). The number of nitrogens with zero attached hydrogens (tertiary/aromatic N) is 4. The maximum absolute atomic E-state index is 12.2. The summed E-state index contributed by atoms with van der Waals surface area (Å²) in [7, 11) is 1.28. The smallest absolute Gasteiger partial charge is 0.358 e. The third kappa shape index (κ3) is 10.2. The molecule has 0 saturated carbocycles. The van der Waals surface area contributed by atoms with E-state index in [1.807, 2.05) is 97.1 Å². The van der Waals surface area contributed by atoms with Crippen LogP contribution in [0.25, 0.3) is 33.9 Å². The highest BCUT2D eigenvalue weighted by molar-refractivity contribution is 5.91. The van der Waals surface area contributed by atoms with Crippen LogP contribution in [0.5, 0.6) is 11.5 Å². The van der Waals surface area contributed by atoms with Crippen molar-refractivity contribution < 1.29 is 48.7 Å². The van der Waals surface area contributed by atoms with E-state index in [0.717, 1.165) is 11.1 Å². The first kappa shape index (κ1) is 42.3. The molecule has 0 atom stereocenters. The van der Waals surface area contributed by atoms with Crippen molar-refractivity contribution in [1.29, 1.82) is 0 Å². The van der Waals surface area contributed by atoms with Crippen LogP contribution in [0.4, 0.5) is 0 Å². The lowest BCUT2D eigenvalue weighted by atomic mass is 10.1. The molecule has 0 amide bonds. The molecule has 14 heteroatoms. The molecular weight excluding hydrogens is 805 g/mol. The van der Waals surface area contributed by atoms with Crippen molar-refractivity contribution in [2.75, 3.05) is 7.11 Å². The minimum atomic E-state index is -1.18. The van der Waals surface area contributed by atoms with E-state index < -0.39 is 23.9 Å². The maximum Gasteiger partial charge on any atom is 0.358 e. The van der Waals surface area contributed by atoms with Crippen molar-refractivity contribution in [3.63, 3.8) is 0 Å². The first-order chi connectivity index (χ1) is 30.6. The molecule has 2 aromatic heterocycles. The zero-order valence-electron chi connectivity index (χ0n) is 33.6. The van der Waals surface area contributed by atoms with E-state index in [1.165, 1.54) is 46.8 Å². The highest BCUT2D eigenvalue weighted by Crippen LogP contribution is 2.34. The molecule has 0 aliphatic heterocycles. The summed E-state index contributed by atoms with van der Waals surface area (Å²) in [6.45, 7) is 0.705. The molecule has 0 unspecified atom stereocenters. The zero-order chi connectivity index (χ0) is 44.3. The Morgan fingerprint density at radius 2 is 0.889 bits per heavy atom. The second-order valence-corrected chi connectivity index (χ2v) is 13.7. The van der Waals surface area contributed by atoms with Gasteiger partial charge < -0.3 is 29.5 Å². The third-order valence-corrected chi connectivity index (χ3v) is 9.51. The van der Waals surface area contributed by atoms with Crippen LogP contribution in [0.3, 0.4) is 0 Å². The molecule has 63 heavy (non-hydrogen) atoms. The van der Waals surface area contributed by atoms with Crippen LogP contribution in [0.2, 0.25) is 0 Å². The largest absolute Gasteiger partial charge is 0.488 e. The normalized spacial score (nSPS) is 10.6. The van der Waals surface area contributed by atoms with E-state index in [4.69, 9.17) is 14.2 Å². The minimum Gasteiger partial charge on any atom is -0.488 e. The van der Waals surface area contributed by atoms with Crippen LogP contribution >= 0.6 is 0 Å². The standard InChI is InChI=1S/C25H20N2O5.C24H18N2O5/c1-31-25(30)21-15-22(27(26-21)19-11-7-10-18(14-19)24(28)29)20-12-5-6-13-23(20)32-16-17-8-3-2-4-9-17;27-23(28)17-9-6-10-18(13-17)26-21(14-20(25-26)24(29)30)19-11-4-5-12-22(19)31-15-16-7-2-1-3-8-16/h2-15H,16H2,1H3,(H,28,29);1-14H,15H2,(H,27,28)(H,29,30). The minimum absolute atomic E-state index is 0.0736. The van der Waals surface area contributed by atoms with Crippen molar-refractivity contribution in [2.45, 2.75) is 13.2 Å². The molecule has 6 aromatic carbocycles. The Balaban J connectivity index is 0.000000189. The van der Waals surface area contributed by atoms with Crippen LogP contribution in [0, 0.1) is 0 Å². The SMILES string of the molecule is COC(=O)c1cc(-c2ccccc2OCc2ccccc2)n(-c2cccc(C(=O)O)c2)n1.O=C(O)c1cccc(-n2nc(C(=O)O)cc2-c2ccccc2OCc2ccccc2)c1. The number of aromatic carboxylic acids is 3. The first-order valence-corrected chi connectivity index (χ1v) is 19.3. The van der Waals surface area contributed by atoms with Gasteiger partial charge in [0.25, 0.3) is 0 Å². The predicted octanol–water partition coefficient (Wildman–Crippen LogP) is 9.12. The Hall–Kier alpha value is -8.78. The monoisotopic (exact) mass is 842 g/mol. The average Bonchev–Trinajstić information content (AvgIpc) is 3.98. The number of rotatable bonds is 14. The van der Waals surface area contributed by atoms with Gasteiger partial charge in [-0.3, -0.25) is 0 Å². The number of hydrogen-bond donors (Lipinski definition) is 3. The van der Waals surface area contributed by atoms with Crippen molar-refractivity contribution >= 4 is 23.9 Å². The van der Waals surface area contributed by atoms with Gasteiger partial charge in [-0.1, -0.05) is 97.1 Å². The Morgan fingerprint density at radius 1 is 0.476 bits per heavy atom. The molecule has 0 radical (unpaired) electrons. The van der Waals surface area contributed by atoms with Crippen LogP contribution in [-0.4, -0.2) is 65.9 Å². The molecule has 314 valence electrons. The number of methoxy groups -OCH3 is 1. The Bertz CT molecular complexity index is 2910. The third-order valence-electron chi connectivity index (χ3n) is 9.51. The highest BCUT2D eigenvalue weighted by Gasteiger charge is 2.22. The van der Waals surface area contributed by atoms with Crippen molar-refractivity contribution in [3.8, 4) is 45.4 Å². The summed E-state index contributed by atoms with van der Waals surface area (Å²) in [5, 5.41) is 36.7. The number of aromatic nitrogens is 4. The van der Waals surface area contributed by atoms with Gasteiger partial charge in [0.05, 0.1) is 41.0 Å². The molecule has 3 N–H and O–H groups in total. The number of hydrogen-bond acceptors (Lipinski definition) is 9. The van der Waals surface area contributed by atoms with E-state index in [1.54, 1.807) is 42.5 Å². The summed E-state index contributed by atoms with van der Waals surface area (Å²) >= 11 is 0. The number of carbonyl (C=O) groups excluding carboxylic acids is 1. The van der Waals surface area contributed by atoms with E-state index in [-0.39, 0.29) is 22.5 Å². The fourth-order valence-corrected chi connectivity index (χ4v) is 6.47. The molecule has 14 nitrogen and oxygen atoms in total. The van der Waals surface area contributed by atoms with E-state index in [0.29, 0.717) is 58.6 Å². The highest BCUT2D eigenvalue weighted by atomic mass is 16.5. The summed E-state index contributed by atoms with van der Waals surface area (Å²) in [4.78, 5) is 46.6. The maximum atomic E-state index is 12.2. The molecular formula is C49H38N4O10. The molecule has 0 aliphatic carbocycles. The second kappa shape index (κ2) is 19.5. The summed E-state index contributed by atoms with van der Waals surface area (Å²) < 4.78 is 19.9. The van der Waals surface area contributed by atoms with Gasteiger partial charge in [-0.2, -0.15) is 10.2 Å². The predicted molar refractivity (Wildman–Crippen MR) is 232 cm³/mol. The van der Waals surface area contributed by atoms with Crippen LogP contribution in [0.15, 0.2) is 170 Å². The van der Waals surface area contributed by atoms with Gasteiger partial charge >= 0.3 is 23.9 Å². The van der Waals surface area contributed by atoms with Gasteiger partial charge in [-0.15, -0.1) is 0 Å². The number of esters is 1. The van der Waals surface area contributed by atoms with Gasteiger partial charge in [0.15, 0.2) is 11.4 Å². The second-order valence-electron chi connectivity index (χ2n) is 13.7. The van der Waals surface area contributed by atoms with Crippen molar-refractivity contribution in [1.82, 2.24) is 19.6 Å². The lowest BCUT2D eigenvalue weighted by Gasteiger charge is -2.13. The number of benzene rings is 6. The van der Waals surface area contributed by atoms with Crippen molar-refractivity contribution in [3.05, 3.63) is 203 Å². The lowest BCUT2D eigenvalue weighted by Crippen LogP contribution is -2.06. The van der Waals surface area contributed by atoms with Crippen molar-refractivity contribution in [2.24, 2.45) is 0 Å². The molecule has 0 spiro atoms. The summed E-state index contributed by atoms with van der Waals surface area (Å²) in [5.74, 6) is -2.76. The van der Waals surface area contributed by atoms with Gasteiger partial charge in [0, 0.05) is 11.1 Å². The first-order valence-electron chi connectivity index (χ1n) is 19.3. The van der Waals surface area contributed by atoms with E-state index in [9.17, 15) is 34.5 Å². The molecule has 2 heterocycles. The number of para-hydroxylation sites is 2. The Morgan fingerprint density at radius 3 is 1.32 bits per heavy atom. The molecule has 0 aliphatic rings. The average molecular weight is 843 g/mol. The van der Waals surface area contributed by atoms with Gasteiger partial charge in [0.1, 0.15) is 24.7 Å². The number of ether oxygens (including phenoxy) is 3. The van der Waals surface area contributed by atoms with Gasteiger partial charge in [-0.05, 0) is 83.9 Å². The van der Waals surface area contributed by atoms with Crippen LogP contribution in [0.1, 0.15) is 52.8 Å². The number of carboxylic acids is 3. The molecule has 0 fully saturated rings. The van der Waals surface area contributed by atoms with Gasteiger partial charge in [-0.25, -0.2) is 28.5 Å². The molecule has 0 bridgehead atoms.